The number of phenols is 1. The Labute approximate surface area is 556 Å². The molecule has 7 aromatic heterocycles. The number of aliphatic hydroxyl groups is 1. The van der Waals surface area contributed by atoms with Gasteiger partial charge in [0.05, 0.1) is 55.1 Å². The molecule has 9 aromatic rings. The Morgan fingerprint density at radius 2 is 1.38 bits per heavy atom. The van der Waals surface area contributed by atoms with Crippen LogP contribution in [0, 0.1) is 12.8 Å². The number of carbonyl (C=O) groups is 7. The first-order valence-electron chi connectivity index (χ1n) is 29.7. The van der Waals surface area contributed by atoms with Crippen LogP contribution in [0.2, 0.25) is 0 Å². The number of ketones is 1. The van der Waals surface area contributed by atoms with E-state index < -0.39 is 83.5 Å². The molecule has 480 valence electrons. The van der Waals surface area contributed by atoms with Gasteiger partial charge in [-0.1, -0.05) is 49.4 Å². The lowest BCUT2D eigenvalue weighted by molar-refractivity contribution is -0.150. The van der Waals surface area contributed by atoms with Gasteiger partial charge in [0, 0.05) is 81.5 Å². The fourth-order valence-corrected chi connectivity index (χ4v) is 16.7. The Morgan fingerprint density at radius 1 is 0.710 bits per heavy atom. The van der Waals surface area contributed by atoms with E-state index in [1.807, 2.05) is 12.3 Å². The number of carbonyl (C=O) groups excluding carboxylic acids is 7. The first-order valence-corrected chi connectivity index (χ1v) is 34.9. The fourth-order valence-electron chi connectivity index (χ4n) is 11.4. The number of nitrogens with one attached hydrogen (secondary N) is 2. The molecule has 2 saturated heterocycles. The van der Waals surface area contributed by atoms with Gasteiger partial charge in [-0.3, -0.25) is 38.5 Å². The molecule has 7 atom stereocenters. The van der Waals surface area contributed by atoms with E-state index in [0.29, 0.717) is 84.0 Å². The lowest BCUT2D eigenvalue weighted by atomic mass is 9.90. The van der Waals surface area contributed by atoms with Crippen LogP contribution in [0.3, 0.4) is 0 Å². The number of thiazole rings is 6. The third-order valence-corrected chi connectivity index (χ3v) is 21.8. The van der Waals surface area contributed by atoms with Crippen molar-refractivity contribution in [3.8, 4) is 49.1 Å². The summed E-state index contributed by atoms with van der Waals surface area (Å²) in [4.78, 5) is 136. The van der Waals surface area contributed by atoms with Crippen LogP contribution >= 0.6 is 68.0 Å². The Kier molecular flexibility index (Phi) is 19.7. The van der Waals surface area contributed by atoms with Crippen molar-refractivity contribution in [2.75, 3.05) is 39.4 Å². The number of fused-ring (bicyclic) bond motifs is 16. The highest BCUT2D eigenvalue weighted by Gasteiger charge is 2.48. The van der Waals surface area contributed by atoms with Gasteiger partial charge in [-0.15, -0.1) is 68.0 Å². The third-order valence-electron chi connectivity index (χ3n) is 16.2. The molecule has 10 bridgehead atoms. The van der Waals surface area contributed by atoms with E-state index in [1.165, 1.54) is 56.9 Å². The SMILES string of the molecule is Cc1sc2nc1C(=O)C[C@@H]([C@H](O)c1ccccc1)c1nc(cs1)C(=O)N[C@@H](Cc1ccc(O)cc1)C(=O)N1C[C@H](OC(=O)CCCCN3CCOCC3)[C@H](C)[C@H]1c1nc(cs1)-c1nc(cs1)-c1nc(-c3nc(C(N)=O)cs3)ccc1-c1nc(cs1)C(=O)N[C@H]2CC(N)=O. The number of primary amides is 2. The molecule has 10 heterocycles. The van der Waals surface area contributed by atoms with Gasteiger partial charge in [-0.05, 0) is 61.7 Å². The average Bonchev–Trinajstić information content (AvgIpc) is 1.63. The monoisotopic (exact) mass is 1370 g/mol. The smallest absolute Gasteiger partial charge is 0.306 e. The number of nitrogens with two attached hydrogens (primary N) is 2. The number of pyridine rings is 1. The van der Waals surface area contributed by atoms with E-state index in [1.54, 1.807) is 77.2 Å². The van der Waals surface area contributed by atoms with Crippen LogP contribution in [0.1, 0.15) is 136 Å². The van der Waals surface area contributed by atoms with E-state index in [0.717, 1.165) is 60.1 Å². The van der Waals surface area contributed by atoms with E-state index in [-0.39, 0.29) is 70.8 Å². The van der Waals surface area contributed by atoms with E-state index in [2.05, 4.69) is 20.5 Å². The normalized spacial score (nSPS) is 20.1. The maximum absolute atomic E-state index is 15.7. The van der Waals surface area contributed by atoms with Crippen LogP contribution in [0.4, 0.5) is 0 Å². The lowest BCUT2D eigenvalue weighted by Gasteiger charge is -2.29. The Hall–Kier alpha value is -8.46. The minimum atomic E-state index is -1.32. The summed E-state index contributed by atoms with van der Waals surface area (Å²) in [6.07, 6.45) is -1.36. The molecule has 0 unspecified atom stereocenters. The molecular weight excluding hydrogens is 1310 g/mol. The van der Waals surface area contributed by atoms with Gasteiger partial charge in [0.2, 0.25) is 11.8 Å². The highest BCUT2D eigenvalue weighted by molar-refractivity contribution is 7.15. The number of ether oxygens (including phenoxy) is 2. The first kappa shape index (κ1) is 64.6. The molecule has 0 radical (unpaired) electrons. The molecule has 0 spiro atoms. The molecule has 2 aromatic carbocycles. The van der Waals surface area contributed by atoms with Crippen molar-refractivity contribution in [1.82, 2.24) is 55.3 Å². The number of benzene rings is 2. The lowest BCUT2D eigenvalue weighted by Crippen LogP contribution is -2.50. The van der Waals surface area contributed by atoms with E-state index in [9.17, 15) is 39.0 Å². The van der Waals surface area contributed by atoms with Gasteiger partial charge < -0.3 is 46.7 Å². The van der Waals surface area contributed by atoms with Gasteiger partial charge in [0.1, 0.15) is 82.8 Å². The Balaban J connectivity index is 0.945. The number of hydrogen-bond donors (Lipinski definition) is 6. The van der Waals surface area contributed by atoms with E-state index in [4.69, 9.17) is 50.8 Å². The minimum absolute atomic E-state index is 0.00699. The third kappa shape index (κ3) is 14.7. The standard InChI is InChI=1S/C63H61N13O11S6/c1-31-47(87-49(80)10-6-7-17-75-18-20-86-21-19-75)25-76-52(31)62-73-45(30-92-62)60-69-41(26-90-60)51-36(15-16-38(66-51)59-70-42(27-91-59)54(65)82)57-71-43(28-88-57)55(83)67-39(24-48(64)79)61-74-50(32(2)93-61)46(78)23-37(53(81)34-8-4-3-5-9-34)58-72-44(29-89-58)56(84)68-40(63(76)85)22-33-11-13-35(77)14-12-33/h3-5,8-9,11-16,26-31,37,39-40,47,52-53,77,81H,6-7,10,17-25H2,1-2H3,(H2,64,79)(H2,65,82)(H,67,83)(H,68,84)/t31-,37-,39-,40-,47-,52-,53+/m0/s1. The number of unbranched alkanes of at least 4 members (excludes halogenated alkanes) is 1. The largest absolute Gasteiger partial charge is 0.508 e. The molecule has 0 aliphatic carbocycles. The second kappa shape index (κ2) is 28.4. The number of rotatable bonds is 14. The van der Waals surface area contributed by atoms with Crippen LogP contribution in [0.5, 0.6) is 5.75 Å². The van der Waals surface area contributed by atoms with Crippen molar-refractivity contribution in [1.29, 1.82) is 0 Å². The minimum Gasteiger partial charge on any atom is -0.508 e. The number of aromatic hydroxyl groups is 1. The quantitative estimate of drug-likeness (QED) is 0.0440. The summed E-state index contributed by atoms with van der Waals surface area (Å²) in [6.45, 7) is 7.33. The molecule has 3 aliphatic rings. The zero-order valence-corrected chi connectivity index (χ0v) is 54.9. The highest BCUT2D eigenvalue weighted by Crippen LogP contribution is 2.44. The van der Waals surface area contributed by atoms with Crippen molar-refractivity contribution in [2.45, 2.75) is 88.6 Å². The van der Waals surface area contributed by atoms with Crippen LogP contribution in [-0.4, -0.2) is 148 Å². The summed E-state index contributed by atoms with van der Waals surface area (Å²) >= 11 is 7.01. The van der Waals surface area contributed by atoms with Gasteiger partial charge in [0.25, 0.3) is 17.7 Å². The van der Waals surface area contributed by atoms with Crippen molar-refractivity contribution in [3.05, 3.63) is 147 Å². The van der Waals surface area contributed by atoms with E-state index >= 15 is 4.79 Å². The zero-order chi connectivity index (χ0) is 65.0. The number of aromatic nitrogens is 7. The molecule has 2 fully saturated rings. The Bertz CT molecular complexity index is 4250. The van der Waals surface area contributed by atoms with Gasteiger partial charge in [-0.25, -0.2) is 34.9 Å². The number of hydrogen-bond acceptors (Lipinski definition) is 25. The van der Waals surface area contributed by atoms with Gasteiger partial charge >= 0.3 is 5.97 Å². The predicted molar refractivity (Wildman–Crippen MR) is 351 cm³/mol. The Morgan fingerprint density at radius 3 is 2.13 bits per heavy atom. The zero-order valence-electron chi connectivity index (χ0n) is 50.0. The van der Waals surface area contributed by atoms with Gasteiger partial charge in [-0.2, -0.15) is 0 Å². The number of esters is 1. The number of aliphatic hydroxyl groups excluding tert-OH is 1. The summed E-state index contributed by atoms with van der Waals surface area (Å²) in [5.74, 6) is -5.88. The number of Topliss-reactive ketones (excluding diaryl/α,β-unsaturated/α-hetero) is 1. The molecule has 3 aliphatic heterocycles. The molecule has 5 amide bonds. The van der Waals surface area contributed by atoms with Gasteiger partial charge in [0.15, 0.2) is 5.78 Å². The molecule has 8 N–H and O–H groups in total. The highest BCUT2D eigenvalue weighted by atomic mass is 32.1. The predicted octanol–water partition coefficient (Wildman–Crippen LogP) is 8.33. The number of nitrogens with zero attached hydrogens (tertiary/aromatic N) is 9. The van der Waals surface area contributed by atoms with Crippen LogP contribution in [0.15, 0.2) is 93.6 Å². The molecule has 93 heavy (non-hydrogen) atoms. The molecule has 24 nitrogen and oxygen atoms in total. The number of phenolic OH excluding ortho intramolecular Hbond substituents is 1. The number of aryl methyl sites for hydroxylation is 1. The fraction of sp³-hybridized carbons (Fsp3) is 0.333. The van der Waals surface area contributed by atoms with Crippen molar-refractivity contribution in [2.24, 2.45) is 17.4 Å². The molecule has 12 rings (SSSR count). The van der Waals surface area contributed by atoms with Crippen molar-refractivity contribution in [3.63, 3.8) is 0 Å². The topological polar surface area (TPSA) is 351 Å². The van der Waals surface area contributed by atoms with Crippen LogP contribution in [-0.2, 0) is 30.3 Å². The van der Waals surface area contributed by atoms with Crippen molar-refractivity contribution >= 4 is 109 Å². The molecule has 30 heteroatoms. The van der Waals surface area contributed by atoms with Crippen molar-refractivity contribution < 1.29 is 53.2 Å². The van der Waals surface area contributed by atoms with Crippen LogP contribution < -0.4 is 22.1 Å². The first-order chi connectivity index (χ1) is 44.9. The number of morpholine rings is 1. The molecule has 0 saturated carbocycles. The average molecular weight is 1370 g/mol. The molecular formula is C63H61N13O11S6. The summed E-state index contributed by atoms with van der Waals surface area (Å²) in [7, 11) is 0. The summed E-state index contributed by atoms with van der Waals surface area (Å²) in [5, 5.41) is 38.7. The second-order valence-corrected chi connectivity index (χ2v) is 28.2. The maximum atomic E-state index is 15.7. The summed E-state index contributed by atoms with van der Waals surface area (Å²) in [5.41, 5.74) is 14.5. The maximum Gasteiger partial charge on any atom is 0.306 e. The summed E-state index contributed by atoms with van der Waals surface area (Å²) in [6, 6.07) is 15.2. The van der Waals surface area contributed by atoms with Crippen LogP contribution in [0.25, 0.3) is 43.4 Å². The number of amides is 5. The summed E-state index contributed by atoms with van der Waals surface area (Å²) < 4.78 is 11.8. The second-order valence-electron chi connectivity index (χ2n) is 22.6.